The van der Waals surface area contributed by atoms with Crippen LogP contribution in [0, 0.1) is 5.92 Å². The molecule has 2 amide bonds. The molecule has 3 atom stereocenters. The molecule has 7 heteroatoms. The number of carbonyl (C=O) groups is 2. The summed E-state index contributed by atoms with van der Waals surface area (Å²) in [5, 5.41) is 2.99. The number of hydrogen-bond acceptors (Lipinski definition) is 5. The summed E-state index contributed by atoms with van der Waals surface area (Å²) in [6.45, 7) is 9.77. The van der Waals surface area contributed by atoms with Gasteiger partial charge in [0.2, 0.25) is 0 Å². The van der Waals surface area contributed by atoms with Gasteiger partial charge in [-0.15, -0.1) is 0 Å². The molecule has 0 radical (unpaired) electrons. The lowest BCUT2D eigenvalue weighted by atomic mass is 9.84. The van der Waals surface area contributed by atoms with E-state index in [0.29, 0.717) is 12.4 Å². The third kappa shape index (κ3) is 6.05. The van der Waals surface area contributed by atoms with E-state index in [0.717, 1.165) is 11.3 Å². The van der Waals surface area contributed by atoms with Crippen LogP contribution >= 0.6 is 0 Å². The van der Waals surface area contributed by atoms with E-state index in [2.05, 4.69) is 5.32 Å². The standard InChI is InChI=1S/C26H34N2O5/c1-17(2)21(27-25(30)33-26(3,4)5)22-23(32-16-18-10-8-7-9-11-18)24(29)28(22)19-12-14-20(31-6)15-13-19/h7-15,17,21-23H,16H2,1-6H3,(H,27,30)/t21-,22+,23-/m0/s1. The number of methoxy groups -OCH3 is 1. The second-order valence-corrected chi connectivity index (χ2v) is 9.53. The fourth-order valence-electron chi connectivity index (χ4n) is 3.89. The molecule has 1 heterocycles. The number of alkyl carbamates (subject to hydrolysis) is 1. The zero-order valence-corrected chi connectivity index (χ0v) is 20.2. The molecule has 0 bridgehead atoms. The van der Waals surface area contributed by atoms with Crippen LogP contribution in [0.15, 0.2) is 54.6 Å². The normalized spacial score (nSPS) is 19.1. The summed E-state index contributed by atoms with van der Waals surface area (Å²) >= 11 is 0. The highest BCUT2D eigenvalue weighted by molar-refractivity contribution is 6.05. The molecule has 0 aliphatic carbocycles. The molecule has 0 aromatic heterocycles. The van der Waals surface area contributed by atoms with Gasteiger partial charge in [0.05, 0.1) is 25.8 Å². The lowest BCUT2D eigenvalue weighted by molar-refractivity contribution is -0.145. The van der Waals surface area contributed by atoms with E-state index in [1.165, 1.54) is 0 Å². The molecular formula is C26H34N2O5. The smallest absolute Gasteiger partial charge is 0.407 e. The lowest BCUT2D eigenvalue weighted by Gasteiger charge is -2.51. The van der Waals surface area contributed by atoms with Gasteiger partial charge in [0.25, 0.3) is 5.91 Å². The van der Waals surface area contributed by atoms with Gasteiger partial charge in [-0.05, 0) is 56.5 Å². The maximum absolute atomic E-state index is 13.2. The highest BCUT2D eigenvalue weighted by Crippen LogP contribution is 2.35. The molecule has 33 heavy (non-hydrogen) atoms. The first kappa shape index (κ1) is 24.6. The van der Waals surface area contributed by atoms with E-state index in [1.54, 1.807) is 12.0 Å². The number of hydrogen-bond donors (Lipinski definition) is 1. The second-order valence-electron chi connectivity index (χ2n) is 9.53. The van der Waals surface area contributed by atoms with Gasteiger partial charge in [-0.2, -0.15) is 0 Å². The fraction of sp³-hybridized carbons (Fsp3) is 0.462. The zero-order chi connectivity index (χ0) is 24.2. The van der Waals surface area contributed by atoms with E-state index in [4.69, 9.17) is 14.2 Å². The highest BCUT2D eigenvalue weighted by Gasteiger charge is 2.54. The Bertz CT molecular complexity index is 937. The van der Waals surface area contributed by atoms with Crippen molar-refractivity contribution < 1.29 is 23.8 Å². The van der Waals surface area contributed by atoms with Gasteiger partial charge >= 0.3 is 6.09 Å². The largest absolute Gasteiger partial charge is 0.497 e. The number of β-lactam (4-membered cyclic amide) rings is 1. The Balaban J connectivity index is 1.86. The molecule has 2 aromatic carbocycles. The summed E-state index contributed by atoms with van der Waals surface area (Å²) in [7, 11) is 1.60. The van der Waals surface area contributed by atoms with Crippen LogP contribution < -0.4 is 15.0 Å². The quantitative estimate of drug-likeness (QED) is 0.593. The SMILES string of the molecule is COc1ccc(N2C(=O)[C@@H](OCc3ccccc3)[C@H]2[C@@H](NC(=O)OC(C)(C)C)C(C)C)cc1. The van der Waals surface area contributed by atoms with Crippen molar-refractivity contribution in [3.8, 4) is 5.75 Å². The Hall–Kier alpha value is -3.06. The van der Waals surface area contributed by atoms with Crippen LogP contribution in [0.5, 0.6) is 5.75 Å². The third-order valence-electron chi connectivity index (χ3n) is 5.48. The van der Waals surface area contributed by atoms with Crippen LogP contribution in [0.3, 0.4) is 0 Å². The average Bonchev–Trinajstić information content (AvgIpc) is 2.76. The van der Waals surface area contributed by atoms with Crippen molar-refractivity contribution in [3.63, 3.8) is 0 Å². The van der Waals surface area contributed by atoms with Crippen LogP contribution in [-0.2, 0) is 20.9 Å². The predicted molar refractivity (Wildman–Crippen MR) is 127 cm³/mol. The molecule has 2 aromatic rings. The fourth-order valence-corrected chi connectivity index (χ4v) is 3.89. The summed E-state index contributed by atoms with van der Waals surface area (Å²) in [5.41, 5.74) is 1.08. The van der Waals surface area contributed by atoms with E-state index in [-0.39, 0.29) is 23.9 Å². The first-order valence-electron chi connectivity index (χ1n) is 11.2. The van der Waals surface area contributed by atoms with Gasteiger partial charge < -0.3 is 24.4 Å². The monoisotopic (exact) mass is 454 g/mol. The first-order valence-corrected chi connectivity index (χ1v) is 11.2. The molecule has 1 aliphatic heterocycles. The van der Waals surface area contributed by atoms with Crippen LogP contribution in [0.1, 0.15) is 40.2 Å². The van der Waals surface area contributed by atoms with E-state index < -0.39 is 17.8 Å². The molecular weight excluding hydrogens is 420 g/mol. The molecule has 1 aliphatic rings. The Morgan fingerprint density at radius 1 is 1.06 bits per heavy atom. The van der Waals surface area contributed by atoms with Gasteiger partial charge in [-0.3, -0.25) is 4.79 Å². The van der Waals surface area contributed by atoms with Gasteiger partial charge in [0.15, 0.2) is 6.10 Å². The van der Waals surface area contributed by atoms with Gasteiger partial charge in [-0.25, -0.2) is 4.79 Å². The van der Waals surface area contributed by atoms with Gasteiger partial charge in [0, 0.05) is 5.69 Å². The average molecular weight is 455 g/mol. The second kappa shape index (κ2) is 10.3. The summed E-state index contributed by atoms with van der Waals surface area (Å²) in [6.07, 6.45) is -1.20. The molecule has 0 spiro atoms. The minimum atomic E-state index is -0.686. The van der Waals surface area contributed by atoms with Crippen molar-refractivity contribution in [2.45, 2.75) is 65.0 Å². The van der Waals surface area contributed by atoms with Crippen molar-refractivity contribution in [2.75, 3.05) is 12.0 Å². The van der Waals surface area contributed by atoms with Crippen LogP contribution in [-0.4, -0.2) is 42.9 Å². The Kier molecular flexibility index (Phi) is 7.64. The highest BCUT2D eigenvalue weighted by atomic mass is 16.6. The van der Waals surface area contributed by atoms with Crippen molar-refractivity contribution in [2.24, 2.45) is 5.92 Å². The summed E-state index contributed by atoms with van der Waals surface area (Å²) < 4.78 is 16.8. The van der Waals surface area contributed by atoms with Crippen molar-refractivity contribution in [1.82, 2.24) is 5.32 Å². The maximum Gasteiger partial charge on any atom is 0.407 e. The summed E-state index contributed by atoms with van der Waals surface area (Å²) in [4.78, 5) is 27.5. The summed E-state index contributed by atoms with van der Waals surface area (Å²) in [5.74, 6) is 0.587. The minimum absolute atomic E-state index is 0.0270. The number of nitrogens with zero attached hydrogens (tertiary/aromatic N) is 1. The zero-order valence-electron chi connectivity index (χ0n) is 20.2. The van der Waals surface area contributed by atoms with Crippen LogP contribution in [0.4, 0.5) is 10.5 Å². The first-order chi connectivity index (χ1) is 15.6. The molecule has 7 nitrogen and oxygen atoms in total. The molecule has 1 N–H and O–H groups in total. The van der Waals surface area contributed by atoms with E-state index in [9.17, 15) is 9.59 Å². The molecule has 1 saturated heterocycles. The van der Waals surface area contributed by atoms with Crippen LogP contribution in [0.25, 0.3) is 0 Å². The van der Waals surface area contributed by atoms with E-state index >= 15 is 0 Å². The number of nitrogens with one attached hydrogen (secondary N) is 1. The molecule has 1 fully saturated rings. The Labute approximate surface area is 196 Å². The third-order valence-corrected chi connectivity index (χ3v) is 5.48. The number of rotatable bonds is 8. The van der Waals surface area contributed by atoms with Crippen molar-refractivity contribution in [1.29, 1.82) is 0 Å². The number of benzene rings is 2. The molecule has 178 valence electrons. The summed E-state index contributed by atoms with van der Waals surface area (Å²) in [6, 6.07) is 16.2. The molecule has 0 unspecified atom stereocenters. The molecule has 0 saturated carbocycles. The molecule has 3 rings (SSSR count). The number of ether oxygens (including phenoxy) is 3. The predicted octanol–water partition coefficient (Wildman–Crippen LogP) is 4.55. The maximum atomic E-state index is 13.2. The van der Waals surface area contributed by atoms with Crippen LogP contribution in [0.2, 0.25) is 0 Å². The number of carbonyl (C=O) groups excluding carboxylic acids is 2. The number of anilines is 1. The minimum Gasteiger partial charge on any atom is -0.497 e. The Morgan fingerprint density at radius 3 is 2.24 bits per heavy atom. The van der Waals surface area contributed by atoms with Gasteiger partial charge in [0.1, 0.15) is 11.4 Å². The van der Waals surface area contributed by atoms with Crippen molar-refractivity contribution in [3.05, 3.63) is 60.2 Å². The topological polar surface area (TPSA) is 77.1 Å². The number of amides is 2. The van der Waals surface area contributed by atoms with Gasteiger partial charge in [-0.1, -0.05) is 44.2 Å². The Morgan fingerprint density at radius 2 is 1.70 bits per heavy atom. The van der Waals surface area contributed by atoms with E-state index in [1.807, 2.05) is 89.2 Å². The van der Waals surface area contributed by atoms with Crippen molar-refractivity contribution >= 4 is 17.7 Å². The lowest BCUT2D eigenvalue weighted by Crippen LogP contribution is -2.73.